The van der Waals surface area contributed by atoms with Crippen molar-refractivity contribution in [2.24, 2.45) is 0 Å². The standard InChI is InChI=1S/C72H124N9O29PS/c1-46(85)77-58-64(94)61(91)52(40-82)108-68(58)104-32-17-9-5-13-27-73-55(88)24-36-101-43-72(44-102-37-25-56(89)74-28-14-6-10-18-33-105-69-59(78-47(2)86)65(95)62(92)53(41-83)109-69,45-103-38-26-57(90)75-29-15-7-11-19-34-106-70-60(79-48(3)87)66(96)63(93)54(42-84)110-70)80-67(97)50-21-22-51-49(39-50)23-31-81(51)71(98)76-30-16-8-12-20-35-107-111(99,112)100-4/h21-22,39,52-54,58-66,68-70,82-84,91-96H,5-20,23-38,40-45H2,1-4H3,(H,73,88)(H,74,89)(H,75,90)(H,76,98)(H,77,85)(H,78,86)(H,79,87)(H,80,97)(H,99,112). The van der Waals surface area contributed by atoms with Crippen LogP contribution in [0.3, 0.4) is 0 Å². The van der Waals surface area contributed by atoms with Crippen molar-refractivity contribution in [3.8, 4) is 0 Å². The van der Waals surface area contributed by atoms with Gasteiger partial charge in [-0.2, -0.15) is 0 Å². The lowest BCUT2D eigenvalue weighted by atomic mass is 9.97. The second-order valence-electron chi connectivity index (χ2n) is 28.2. The number of carbonyl (C=O) groups excluding carboxylic acids is 8. The van der Waals surface area contributed by atoms with E-state index in [1.54, 1.807) is 23.1 Å². The first-order valence-electron chi connectivity index (χ1n) is 38.8. The monoisotopic (exact) mass is 1640 g/mol. The van der Waals surface area contributed by atoms with Crippen LogP contribution in [0, 0.1) is 0 Å². The summed E-state index contributed by atoms with van der Waals surface area (Å²) in [7, 11) is 1.29. The number of anilines is 1. The van der Waals surface area contributed by atoms with Gasteiger partial charge in [0.2, 0.25) is 35.4 Å². The zero-order valence-electron chi connectivity index (χ0n) is 64.8. The molecule has 5 rings (SSSR count). The molecule has 1 aromatic carbocycles. The summed E-state index contributed by atoms with van der Waals surface area (Å²) < 4.78 is 62.9. The van der Waals surface area contributed by atoms with E-state index in [1.165, 1.54) is 27.9 Å². The van der Waals surface area contributed by atoms with Gasteiger partial charge >= 0.3 is 12.7 Å². The molecular weight excluding hydrogens is 1520 g/mol. The van der Waals surface area contributed by atoms with E-state index in [0.29, 0.717) is 135 Å². The molecule has 38 nitrogen and oxygen atoms in total. The minimum Gasteiger partial charge on any atom is -0.394 e. The van der Waals surface area contributed by atoms with Gasteiger partial charge in [0.25, 0.3) is 5.91 Å². The highest BCUT2D eigenvalue weighted by atomic mass is 32.5. The van der Waals surface area contributed by atoms with E-state index in [4.69, 9.17) is 63.5 Å². The van der Waals surface area contributed by atoms with Gasteiger partial charge in [0.15, 0.2) is 18.9 Å². The maximum Gasteiger partial charge on any atom is 0.324 e. The lowest BCUT2D eigenvalue weighted by Gasteiger charge is -2.42. The minimum absolute atomic E-state index is 0.0904. The number of rotatable bonds is 56. The molecule has 16 atom stereocenters. The van der Waals surface area contributed by atoms with Gasteiger partial charge in [0.1, 0.15) is 78.6 Å². The summed E-state index contributed by atoms with van der Waals surface area (Å²) in [5.74, 6) is -2.98. The maximum absolute atomic E-state index is 14.7. The Bertz CT molecular complexity index is 2830. The molecule has 0 aliphatic carbocycles. The van der Waals surface area contributed by atoms with E-state index >= 15 is 0 Å². The zero-order valence-corrected chi connectivity index (χ0v) is 66.5. The number of aliphatic hydroxyl groups is 9. The summed E-state index contributed by atoms with van der Waals surface area (Å²) >= 11 is 4.87. The molecule has 3 fully saturated rings. The topological polar surface area (TPSA) is 540 Å². The lowest BCUT2D eigenvalue weighted by Crippen LogP contribution is -2.64. The Labute approximate surface area is 659 Å². The summed E-state index contributed by atoms with van der Waals surface area (Å²) in [6.45, 7) is 0.0653. The zero-order chi connectivity index (χ0) is 82.0. The highest BCUT2D eigenvalue weighted by molar-refractivity contribution is 8.07. The van der Waals surface area contributed by atoms with Gasteiger partial charge in [-0.1, -0.05) is 51.4 Å². The summed E-state index contributed by atoms with van der Waals surface area (Å²) in [6.07, 6.45) is -4.75. The van der Waals surface area contributed by atoms with Gasteiger partial charge in [-0.3, -0.25) is 38.5 Å². The summed E-state index contributed by atoms with van der Waals surface area (Å²) in [6, 6.07) is 1.45. The van der Waals surface area contributed by atoms with Crippen LogP contribution in [0.1, 0.15) is 159 Å². The molecule has 4 aliphatic rings. The van der Waals surface area contributed by atoms with Crippen molar-refractivity contribution in [1.29, 1.82) is 0 Å². The van der Waals surface area contributed by atoms with Crippen LogP contribution in [0.25, 0.3) is 0 Å². The van der Waals surface area contributed by atoms with Crippen LogP contribution in [0.2, 0.25) is 0 Å². The highest BCUT2D eigenvalue weighted by Crippen LogP contribution is 2.42. The van der Waals surface area contributed by atoms with Crippen molar-refractivity contribution in [3.05, 3.63) is 29.3 Å². The van der Waals surface area contributed by atoms with Crippen molar-refractivity contribution in [2.45, 2.75) is 247 Å². The van der Waals surface area contributed by atoms with Gasteiger partial charge in [-0.15, -0.1) is 0 Å². The summed E-state index contributed by atoms with van der Waals surface area (Å²) in [5, 5.41) is 114. The third-order valence-electron chi connectivity index (χ3n) is 19.0. The fourth-order valence-corrected chi connectivity index (χ4v) is 13.5. The van der Waals surface area contributed by atoms with Crippen molar-refractivity contribution in [2.75, 3.05) is 131 Å². The number of ether oxygens (including phenoxy) is 9. The Balaban J connectivity index is 1.19. The van der Waals surface area contributed by atoms with Gasteiger partial charge in [-0.05, 0) is 93.4 Å². The number of aliphatic hydroxyl groups excluding tert-OH is 9. The molecular formula is C72H124N9O29PS. The number of nitrogens with one attached hydrogen (secondary N) is 8. The Morgan fingerprint density at radius 3 is 1.19 bits per heavy atom. The summed E-state index contributed by atoms with van der Waals surface area (Å²) in [5.41, 5.74) is 0.0569. The molecule has 18 N–H and O–H groups in total. The molecule has 40 heteroatoms. The minimum atomic E-state index is -3.23. The van der Waals surface area contributed by atoms with E-state index < -0.39 is 148 Å². The average molecular weight is 1640 g/mol. The molecule has 0 saturated carbocycles. The van der Waals surface area contributed by atoms with Crippen molar-refractivity contribution < 1.29 is 141 Å². The van der Waals surface area contributed by atoms with Gasteiger partial charge in [0.05, 0.1) is 66.1 Å². The molecule has 112 heavy (non-hydrogen) atoms. The van der Waals surface area contributed by atoms with Crippen molar-refractivity contribution >= 4 is 71.6 Å². The van der Waals surface area contributed by atoms with Crippen molar-refractivity contribution in [1.82, 2.24) is 42.5 Å². The number of carbonyl (C=O) groups is 8. The molecule has 0 bridgehead atoms. The molecule has 4 aliphatic heterocycles. The fourth-order valence-electron chi connectivity index (χ4n) is 12.8. The first-order chi connectivity index (χ1) is 53.7. The van der Waals surface area contributed by atoms with E-state index in [-0.39, 0.29) is 115 Å². The van der Waals surface area contributed by atoms with Crippen LogP contribution < -0.4 is 47.4 Å². The normalized spacial score (nSPS) is 25.4. The number of urea groups is 1. The first kappa shape index (κ1) is 97.2. The molecule has 0 spiro atoms. The van der Waals surface area contributed by atoms with E-state index in [2.05, 4.69) is 42.5 Å². The first-order valence-corrected chi connectivity index (χ1v) is 41.4. The number of hydrogen-bond acceptors (Lipinski definition) is 29. The van der Waals surface area contributed by atoms with Crippen LogP contribution in [-0.2, 0) is 98.7 Å². The van der Waals surface area contributed by atoms with E-state index in [0.717, 1.165) is 18.4 Å². The number of benzene rings is 1. The number of fused-ring (bicyclic) bond motifs is 1. The largest absolute Gasteiger partial charge is 0.394 e. The van der Waals surface area contributed by atoms with Gasteiger partial charge in [-0.25, -0.2) is 4.79 Å². The third kappa shape index (κ3) is 34.8. The Morgan fingerprint density at radius 2 is 0.839 bits per heavy atom. The SMILES string of the molecule is COP(O)(=S)OCCCCCCNC(=O)N1CCc2cc(C(=O)NC(COCCC(=O)NCCCCCCOC3OC(CO)C(O)C(O)C3NC(C)=O)(COCCC(=O)NCCCCCCOC3OC(CO)C(O)C(O)C3NC(C)=O)COCCC(=O)NCCCCCCOC3OC(CO)C(O)C(O)C3NC(C)=O)ccc21. The van der Waals surface area contributed by atoms with Crippen LogP contribution in [0.5, 0.6) is 0 Å². The molecule has 0 aromatic heterocycles. The molecule has 642 valence electrons. The molecule has 16 unspecified atom stereocenters. The highest BCUT2D eigenvalue weighted by Gasteiger charge is 2.48. The predicted octanol–water partition coefficient (Wildman–Crippen LogP) is -2.20. The molecule has 4 heterocycles. The summed E-state index contributed by atoms with van der Waals surface area (Å²) in [4.78, 5) is 115. The average Bonchev–Trinajstić information content (AvgIpc) is 1.53. The van der Waals surface area contributed by atoms with Crippen LogP contribution in [0.15, 0.2) is 18.2 Å². The molecule has 3 saturated heterocycles. The second-order valence-corrected chi connectivity index (χ2v) is 31.2. The second kappa shape index (κ2) is 53.0. The third-order valence-corrected chi connectivity index (χ3v) is 20.8. The quantitative estimate of drug-likeness (QED) is 0.0243. The van der Waals surface area contributed by atoms with Gasteiger partial charge in [0, 0.05) is 111 Å². The van der Waals surface area contributed by atoms with E-state index in [9.17, 15) is 89.2 Å². The van der Waals surface area contributed by atoms with Crippen LogP contribution in [-0.4, -0.2) is 321 Å². The number of hydrogen-bond donors (Lipinski definition) is 18. The molecule has 1 aromatic rings. The number of unbranched alkanes of at least 4 members (excludes halogenated alkanes) is 12. The van der Waals surface area contributed by atoms with E-state index in [1.807, 2.05) is 0 Å². The molecule has 0 radical (unpaired) electrons. The number of nitrogens with zero attached hydrogens (tertiary/aromatic N) is 1. The Morgan fingerprint density at radius 1 is 0.491 bits per heavy atom. The van der Waals surface area contributed by atoms with Crippen molar-refractivity contribution in [3.63, 3.8) is 0 Å². The number of amides is 9. The Kier molecular flexibility index (Phi) is 46.0. The van der Waals surface area contributed by atoms with Crippen LogP contribution >= 0.6 is 6.72 Å². The lowest BCUT2D eigenvalue weighted by molar-refractivity contribution is -0.270. The Hall–Kier alpha value is -5.41. The smallest absolute Gasteiger partial charge is 0.324 e. The predicted molar refractivity (Wildman–Crippen MR) is 404 cm³/mol. The van der Waals surface area contributed by atoms with Crippen LogP contribution in [0.4, 0.5) is 10.5 Å². The molecule has 9 amide bonds. The van der Waals surface area contributed by atoms with Gasteiger partial charge < -0.3 is 145 Å². The maximum atomic E-state index is 14.7. The fraction of sp³-hybridized carbons (Fsp3) is 0.806.